The highest BCUT2D eigenvalue weighted by atomic mass is 35.5. The lowest BCUT2D eigenvalue weighted by Crippen LogP contribution is -2.45. The van der Waals surface area contributed by atoms with Gasteiger partial charge in [-0.1, -0.05) is 24.3 Å². The quantitative estimate of drug-likeness (QED) is 0.512. The van der Waals surface area contributed by atoms with Crippen molar-refractivity contribution in [3.8, 4) is 11.1 Å². The smallest absolute Gasteiger partial charge is 0.271 e. The number of nitrogens with two attached hydrogens (primary N) is 1. The van der Waals surface area contributed by atoms with Crippen LogP contribution in [0.2, 0.25) is 0 Å². The van der Waals surface area contributed by atoms with Gasteiger partial charge in [0.1, 0.15) is 11.5 Å². The number of nitrogens with zero attached hydrogens (tertiary/aromatic N) is 1. The minimum Gasteiger partial charge on any atom is -0.391 e. The SMILES string of the molecule is Cl.NC[C@H]1CN[C@H](CN2Cc3ccccc3-c3c([nH]c4ccc(F)cc34)C2=O)[C@H]1O. The molecule has 3 atom stereocenters. The third-order valence-electron chi connectivity index (χ3n) is 6.17. The van der Waals surface area contributed by atoms with E-state index in [9.17, 15) is 14.3 Å². The van der Waals surface area contributed by atoms with Crippen LogP contribution in [0.4, 0.5) is 4.39 Å². The molecule has 3 heterocycles. The van der Waals surface area contributed by atoms with Crippen molar-refractivity contribution >= 4 is 29.2 Å². The average molecular weight is 431 g/mol. The number of amides is 1. The molecule has 8 heteroatoms. The summed E-state index contributed by atoms with van der Waals surface area (Å²) in [7, 11) is 0. The van der Waals surface area contributed by atoms with E-state index in [1.807, 2.05) is 24.3 Å². The lowest BCUT2D eigenvalue weighted by Gasteiger charge is -2.27. The summed E-state index contributed by atoms with van der Waals surface area (Å²) in [5.41, 5.74) is 9.58. The third kappa shape index (κ3) is 3.28. The molecule has 0 saturated carbocycles. The highest BCUT2D eigenvalue weighted by molar-refractivity contribution is 6.11. The lowest BCUT2D eigenvalue weighted by atomic mass is 9.98. The van der Waals surface area contributed by atoms with E-state index < -0.39 is 6.10 Å². The summed E-state index contributed by atoms with van der Waals surface area (Å²) in [6.45, 7) is 1.83. The molecule has 1 fully saturated rings. The molecule has 0 radical (unpaired) electrons. The van der Waals surface area contributed by atoms with Gasteiger partial charge in [-0.25, -0.2) is 4.39 Å². The van der Waals surface area contributed by atoms with Crippen molar-refractivity contribution < 1.29 is 14.3 Å². The van der Waals surface area contributed by atoms with Crippen LogP contribution in [0.25, 0.3) is 22.0 Å². The van der Waals surface area contributed by atoms with E-state index in [0.29, 0.717) is 37.3 Å². The molecule has 1 aromatic heterocycles. The highest BCUT2D eigenvalue weighted by Crippen LogP contribution is 2.38. The van der Waals surface area contributed by atoms with Gasteiger partial charge < -0.3 is 26.0 Å². The Hall–Kier alpha value is -2.45. The Kier molecular flexibility index (Phi) is 5.55. The van der Waals surface area contributed by atoms with Crippen LogP contribution >= 0.6 is 12.4 Å². The van der Waals surface area contributed by atoms with Gasteiger partial charge >= 0.3 is 0 Å². The largest absolute Gasteiger partial charge is 0.391 e. The van der Waals surface area contributed by atoms with Crippen molar-refractivity contribution in [2.45, 2.75) is 18.7 Å². The van der Waals surface area contributed by atoms with Crippen LogP contribution in [0.15, 0.2) is 42.5 Å². The Labute approximate surface area is 179 Å². The Morgan fingerprint density at radius 2 is 2.03 bits per heavy atom. The Morgan fingerprint density at radius 3 is 2.80 bits per heavy atom. The van der Waals surface area contributed by atoms with E-state index in [0.717, 1.165) is 22.2 Å². The van der Waals surface area contributed by atoms with Crippen LogP contribution in [0, 0.1) is 11.7 Å². The van der Waals surface area contributed by atoms with Gasteiger partial charge in [-0.3, -0.25) is 4.79 Å². The number of hydrogen-bond acceptors (Lipinski definition) is 4. The molecule has 0 spiro atoms. The van der Waals surface area contributed by atoms with E-state index in [1.165, 1.54) is 12.1 Å². The molecule has 5 N–H and O–H groups in total. The van der Waals surface area contributed by atoms with E-state index in [2.05, 4.69) is 10.3 Å². The van der Waals surface area contributed by atoms with Gasteiger partial charge in [-0.05, 0) is 35.9 Å². The number of aromatic amines is 1. The predicted octanol–water partition coefficient (Wildman–Crippen LogP) is 2.26. The Morgan fingerprint density at radius 1 is 1.23 bits per heavy atom. The number of hydrogen-bond donors (Lipinski definition) is 4. The van der Waals surface area contributed by atoms with Crippen LogP contribution in [0.3, 0.4) is 0 Å². The fraction of sp³-hybridized carbons (Fsp3) is 0.318. The second-order valence-electron chi connectivity index (χ2n) is 7.91. The summed E-state index contributed by atoms with van der Waals surface area (Å²) >= 11 is 0. The standard InChI is InChI=1S/C22H23FN4O2.ClH/c23-14-5-6-17-16(7-14)19-15-4-2-1-3-12(15)10-27(22(29)20(19)26-17)11-18-21(28)13(8-24)9-25-18;/h1-7,13,18,21,25-26,28H,8-11,24H2;1H/t13-,18+,21-;/m0./s1. The zero-order valence-electron chi connectivity index (χ0n) is 16.3. The third-order valence-corrected chi connectivity index (χ3v) is 6.17. The first-order valence-electron chi connectivity index (χ1n) is 9.87. The Balaban J connectivity index is 0.00000218. The summed E-state index contributed by atoms with van der Waals surface area (Å²) in [6, 6.07) is 12.1. The number of carbonyl (C=O) groups is 1. The molecule has 0 unspecified atom stereocenters. The molecule has 2 aliphatic heterocycles. The Bertz CT molecular complexity index is 1100. The molecule has 0 aliphatic carbocycles. The van der Waals surface area contributed by atoms with Crippen molar-refractivity contribution in [3.05, 3.63) is 59.5 Å². The molecule has 6 nitrogen and oxygen atoms in total. The average Bonchev–Trinajstić information content (AvgIpc) is 3.24. The fourth-order valence-corrected chi connectivity index (χ4v) is 4.59. The maximum atomic E-state index is 14.0. The van der Waals surface area contributed by atoms with Gasteiger partial charge in [0.15, 0.2) is 0 Å². The molecule has 3 aromatic rings. The van der Waals surface area contributed by atoms with Crippen molar-refractivity contribution in [3.63, 3.8) is 0 Å². The topological polar surface area (TPSA) is 94.4 Å². The monoisotopic (exact) mass is 430 g/mol. The predicted molar refractivity (Wildman–Crippen MR) is 116 cm³/mol. The molecule has 1 amide bonds. The molecule has 2 aromatic carbocycles. The van der Waals surface area contributed by atoms with Crippen LogP contribution < -0.4 is 11.1 Å². The van der Waals surface area contributed by atoms with Gasteiger partial charge in [0.05, 0.1) is 12.1 Å². The molecule has 158 valence electrons. The molecular weight excluding hydrogens is 407 g/mol. The van der Waals surface area contributed by atoms with Gasteiger partial charge in [0.25, 0.3) is 5.91 Å². The van der Waals surface area contributed by atoms with E-state index >= 15 is 0 Å². The summed E-state index contributed by atoms with van der Waals surface area (Å²) < 4.78 is 14.0. The van der Waals surface area contributed by atoms with Gasteiger partial charge in [0.2, 0.25) is 0 Å². The van der Waals surface area contributed by atoms with Crippen molar-refractivity contribution in [1.82, 2.24) is 15.2 Å². The maximum Gasteiger partial charge on any atom is 0.271 e. The zero-order valence-corrected chi connectivity index (χ0v) is 17.1. The minimum atomic E-state index is -0.595. The second-order valence-corrected chi connectivity index (χ2v) is 7.91. The fourth-order valence-electron chi connectivity index (χ4n) is 4.59. The molecule has 2 aliphatic rings. The first-order valence-corrected chi connectivity index (χ1v) is 9.87. The van der Waals surface area contributed by atoms with Crippen molar-refractivity contribution in [2.24, 2.45) is 11.7 Å². The van der Waals surface area contributed by atoms with Crippen LogP contribution in [-0.4, -0.2) is 52.7 Å². The molecular formula is C22H24ClFN4O2. The summed E-state index contributed by atoms with van der Waals surface area (Å²) in [5.74, 6) is -0.504. The summed E-state index contributed by atoms with van der Waals surface area (Å²) in [4.78, 5) is 18.4. The molecule has 5 rings (SSSR count). The van der Waals surface area contributed by atoms with Gasteiger partial charge in [-0.15, -0.1) is 12.4 Å². The number of benzene rings is 2. The number of carbonyl (C=O) groups excluding carboxylic acids is 1. The van der Waals surface area contributed by atoms with Crippen molar-refractivity contribution in [2.75, 3.05) is 19.6 Å². The zero-order chi connectivity index (χ0) is 20.1. The van der Waals surface area contributed by atoms with Crippen LogP contribution in [0.5, 0.6) is 0 Å². The first kappa shape index (κ1) is 20.8. The number of rotatable bonds is 3. The van der Waals surface area contributed by atoms with Gasteiger partial charge in [0, 0.05) is 42.0 Å². The van der Waals surface area contributed by atoms with Crippen LogP contribution in [-0.2, 0) is 6.54 Å². The highest BCUT2D eigenvalue weighted by Gasteiger charge is 2.37. The molecule has 30 heavy (non-hydrogen) atoms. The number of nitrogens with one attached hydrogen (secondary N) is 2. The summed E-state index contributed by atoms with van der Waals surface area (Å²) in [6.07, 6.45) is -0.595. The molecule has 1 saturated heterocycles. The number of aliphatic hydroxyl groups excluding tert-OH is 1. The van der Waals surface area contributed by atoms with Gasteiger partial charge in [-0.2, -0.15) is 0 Å². The van der Waals surface area contributed by atoms with Crippen LogP contribution in [0.1, 0.15) is 16.1 Å². The maximum absolute atomic E-state index is 14.0. The lowest BCUT2D eigenvalue weighted by molar-refractivity contribution is 0.0645. The number of aromatic nitrogens is 1. The minimum absolute atomic E-state index is 0. The van der Waals surface area contributed by atoms with E-state index in [4.69, 9.17) is 5.73 Å². The number of fused-ring (bicyclic) bond motifs is 5. The number of halogens is 2. The normalized spacial score (nSPS) is 23.1. The van der Waals surface area contributed by atoms with E-state index in [1.54, 1.807) is 11.0 Å². The molecule has 0 bridgehead atoms. The number of H-pyrrole nitrogens is 1. The first-order chi connectivity index (χ1) is 14.1. The summed E-state index contributed by atoms with van der Waals surface area (Å²) in [5, 5.41) is 14.5. The van der Waals surface area contributed by atoms with E-state index in [-0.39, 0.29) is 36.1 Å². The second kappa shape index (κ2) is 8.00. The van der Waals surface area contributed by atoms with Crippen molar-refractivity contribution in [1.29, 1.82) is 0 Å². The number of aliphatic hydroxyl groups is 1.